The molecule has 0 saturated carbocycles. The lowest BCUT2D eigenvalue weighted by Gasteiger charge is -2.18. The van der Waals surface area contributed by atoms with Gasteiger partial charge in [0.25, 0.3) is 0 Å². The van der Waals surface area contributed by atoms with Gasteiger partial charge in [0, 0.05) is 17.0 Å². The van der Waals surface area contributed by atoms with Crippen molar-refractivity contribution in [2.75, 3.05) is 6.54 Å². The largest absolute Gasteiger partial charge is 0.510 e. The molecular weight excluding hydrogens is 354 g/mol. The molecule has 0 unspecified atom stereocenters. The average Bonchev–Trinajstić information content (AvgIpc) is 3.15. The average molecular weight is 375 g/mol. The number of aliphatic hydroxyl groups is 1. The standard InChI is InChI=1S/C22H21N3OS/c1-14-7-6-8-16(11-14)12-25-13-18(26)19(21(25)23)22-24-20(15(2)27-22)17-9-4-3-5-10-17/h3-11,23,26H,12-13H2,1-2H3. The van der Waals surface area contributed by atoms with E-state index in [0.717, 1.165) is 21.7 Å². The van der Waals surface area contributed by atoms with Crippen LogP contribution in [0.15, 0.2) is 60.4 Å². The van der Waals surface area contributed by atoms with Gasteiger partial charge in [0.05, 0.1) is 17.8 Å². The summed E-state index contributed by atoms with van der Waals surface area (Å²) in [6.45, 7) is 5.04. The van der Waals surface area contributed by atoms with Crippen LogP contribution in [0.2, 0.25) is 0 Å². The lowest BCUT2D eigenvalue weighted by Crippen LogP contribution is -2.26. The van der Waals surface area contributed by atoms with Crippen LogP contribution in [0.3, 0.4) is 0 Å². The number of aryl methyl sites for hydroxylation is 2. The number of amidine groups is 1. The molecule has 4 nitrogen and oxygen atoms in total. The number of nitrogens with one attached hydrogen (secondary N) is 1. The van der Waals surface area contributed by atoms with Crippen molar-refractivity contribution in [2.45, 2.75) is 20.4 Å². The molecule has 0 spiro atoms. The zero-order chi connectivity index (χ0) is 19.0. The molecule has 0 atom stereocenters. The van der Waals surface area contributed by atoms with Crippen LogP contribution < -0.4 is 0 Å². The van der Waals surface area contributed by atoms with E-state index in [-0.39, 0.29) is 5.76 Å². The van der Waals surface area contributed by atoms with Crippen LogP contribution in [0.1, 0.15) is 21.0 Å². The van der Waals surface area contributed by atoms with E-state index in [4.69, 9.17) is 10.4 Å². The minimum absolute atomic E-state index is 0.223. The highest BCUT2D eigenvalue weighted by atomic mass is 32.1. The van der Waals surface area contributed by atoms with Gasteiger partial charge in [-0.1, -0.05) is 60.2 Å². The van der Waals surface area contributed by atoms with E-state index in [1.165, 1.54) is 16.9 Å². The molecule has 2 aromatic carbocycles. The minimum Gasteiger partial charge on any atom is -0.510 e. The number of thiazole rings is 1. The van der Waals surface area contributed by atoms with Gasteiger partial charge in [0.15, 0.2) is 0 Å². The fourth-order valence-electron chi connectivity index (χ4n) is 3.39. The van der Waals surface area contributed by atoms with Gasteiger partial charge < -0.3 is 10.0 Å². The van der Waals surface area contributed by atoms with Crippen LogP contribution in [0, 0.1) is 19.3 Å². The SMILES string of the molecule is Cc1cccc(CN2CC(O)=C(c3nc(-c4ccccc4)c(C)s3)C2=N)c1. The Bertz CT molecular complexity index is 1040. The molecular formula is C22H21N3OS. The molecule has 1 aliphatic rings. The number of rotatable bonds is 4. The minimum atomic E-state index is 0.223. The molecule has 27 heavy (non-hydrogen) atoms. The van der Waals surface area contributed by atoms with E-state index in [0.29, 0.717) is 29.5 Å². The van der Waals surface area contributed by atoms with Gasteiger partial charge in [-0.2, -0.15) is 0 Å². The maximum atomic E-state index is 10.6. The number of aromatic nitrogens is 1. The zero-order valence-electron chi connectivity index (χ0n) is 15.4. The molecule has 0 bridgehead atoms. The van der Waals surface area contributed by atoms with Crippen LogP contribution in [-0.2, 0) is 6.54 Å². The van der Waals surface area contributed by atoms with Crippen molar-refractivity contribution in [1.29, 1.82) is 5.41 Å². The predicted molar refractivity (Wildman–Crippen MR) is 111 cm³/mol. The summed E-state index contributed by atoms with van der Waals surface area (Å²) >= 11 is 1.53. The van der Waals surface area contributed by atoms with Gasteiger partial charge in [0.2, 0.25) is 0 Å². The van der Waals surface area contributed by atoms with Crippen molar-refractivity contribution in [3.05, 3.63) is 81.4 Å². The Morgan fingerprint density at radius 2 is 1.89 bits per heavy atom. The van der Waals surface area contributed by atoms with E-state index in [1.807, 2.05) is 48.2 Å². The second-order valence-corrected chi connectivity index (χ2v) is 8.01. The summed E-state index contributed by atoms with van der Waals surface area (Å²) < 4.78 is 0. The summed E-state index contributed by atoms with van der Waals surface area (Å²) in [5, 5.41) is 19.9. The Hall–Kier alpha value is -2.92. The molecule has 0 saturated heterocycles. The maximum Gasteiger partial charge on any atom is 0.135 e. The second kappa shape index (κ2) is 7.00. The van der Waals surface area contributed by atoms with Crippen LogP contribution in [0.25, 0.3) is 16.8 Å². The third kappa shape index (κ3) is 3.38. The van der Waals surface area contributed by atoms with Crippen molar-refractivity contribution in [3.63, 3.8) is 0 Å². The smallest absolute Gasteiger partial charge is 0.135 e. The Kier molecular flexibility index (Phi) is 4.54. The number of hydrogen-bond acceptors (Lipinski definition) is 4. The van der Waals surface area contributed by atoms with E-state index < -0.39 is 0 Å². The molecule has 136 valence electrons. The van der Waals surface area contributed by atoms with Crippen molar-refractivity contribution >= 4 is 22.7 Å². The summed E-state index contributed by atoms with van der Waals surface area (Å²) in [4.78, 5) is 7.72. The molecule has 0 aliphatic carbocycles. The number of benzene rings is 2. The third-order valence-corrected chi connectivity index (χ3v) is 5.68. The van der Waals surface area contributed by atoms with Gasteiger partial charge in [-0.15, -0.1) is 11.3 Å². The first-order chi connectivity index (χ1) is 13.0. The van der Waals surface area contributed by atoms with Crippen molar-refractivity contribution < 1.29 is 5.11 Å². The Morgan fingerprint density at radius 3 is 2.63 bits per heavy atom. The monoisotopic (exact) mass is 375 g/mol. The van der Waals surface area contributed by atoms with Gasteiger partial charge in [0.1, 0.15) is 16.6 Å². The van der Waals surface area contributed by atoms with Gasteiger partial charge in [-0.25, -0.2) is 4.98 Å². The highest BCUT2D eigenvalue weighted by molar-refractivity contribution is 7.13. The molecule has 1 aliphatic heterocycles. The van der Waals surface area contributed by atoms with Gasteiger partial charge >= 0.3 is 0 Å². The molecule has 0 radical (unpaired) electrons. The number of aliphatic hydroxyl groups excluding tert-OH is 1. The summed E-state index contributed by atoms with van der Waals surface area (Å²) in [6.07, 6.45) is 0. The molecule has 2 N–H and O–H groups in total. The summed E-state index contributed by atoms with van der Waals surface area (Å²) in [5.74, 6) is 0.559. The van der Waals surface area contributed by atoms with Crippen molar-refractivity contribution in [2.24, 2.45) is 0 Å². The van der Waals surface area contributed by atoms with Crippen LogP contribution in [-0.4, -0.2) is 27.4 Å². The van der Waals surface area contributed by atoms with E-state index in [1.54, 1.807) is 0 Å². The summed E-state index contributed by atoms with van der Waals surface area (Å²) in [6, 6.07) is 18.3. The fraction of sp³-hybridized carbons (Fsp3) is 0.182. The maximum absolute atomic E-state index is 10.6. The van der Waals surface area contributed by atoms with Crippen molar-refractivity contribution in [1.82, 2.24) is 9.88 Å². The molecule has 0 amide bonds. The first-order valence-corrected chi connectivity index (χ1v) is 9.69. The second-order valence-electron chi connectivity index (χ2n) is 6.81. The number of nitrogens with zero attached hydrogens (tertiary/aromatic N) is 2. The molecule has 4 rings (SSSR count). The third-order valence-electron chi connectivity index (χ3n) is 4.70. The molecule has 0 fully saturated rings. The van der Waals surface area contributed by atoms with E-state index in [9.17, 15) is 5.11 Å². The summed E-state index contributed by atoms with van der Waals surface area (Å²) in [7, 11) is 0. The molecule has 2 heterocycles. The lowest BCUT2D eigenvalue weighted by molar-refractivity contribution is 0.347. The van der Waals surface area contributed by atoms with Crippen LogP contribution in [0.4, 0.5) is 0 Å². The van der Waals surface area contributed by atoms with Crippen LogP contribution in [0.5, 0.6) is 0 Å². The van der Waals surface area contributed by atoms with E-state index >= 15 is 0 Å². The molecule has 5 heteroatoms. The topological polar surface area (TPSA) is 60.2 Å². The zero-order valence-corrected chi connectivity index (χ0v) is 16.2. The predicted octanol–water partition coefficient (Wildman–Crippen LogP) is 5.19. The first kappa shape index (κ1) is 17.5. The van der Waals surface area contributed by atoms with Crippen LogP contribution >= 0.6 is 11.3 Å². The Morgan fingerprint density at radius 1 is 1.11 bits per heavy atom. The first-order valence-electron chi connectivity index (χ1n) is 8.87. The highest BCUT2D eigenvalue weighted by Gasteiger charge is 2.30. The van der Waals surface area contributed by atoms with Gasteiger partial charge in [-0.05, 0) is 19.4 Å². The molecule has 3 aromatic rings. The highest BCUT2D eigenvalue weighted by Crippen LogP contribution is 2.35. The Balaban J connectivity index is 1.61. The van der Waals surface area contributed by atoms with E-state index in [2.05, 4.69) is 25.1 Å². The normalized spacial score (nSPS) is 14.3. The van der Waals surface area contributed by atoms with Gasteiger partial charge in [-0.3, -0.25) is 5.41 Å². The summed E-state index contributed by atoms with van der Waals surface area (Å²) in [5.41, 5.74) is 4.85. The Labute approximate surface area is 163 Å². The lowest BCUT2D eigenvalue weighted by atomic mass is 10.1. The quantitative estimate of drug-likeness (QED) is 0.660. The van der Waals surface area contributed by atoms with Crippen molar-refractivity contribution in [3.8, 4) is 11.3 Å². The molecule has 1 aromatic heterocycles. The fourth-order valence-corrected chi connectivity index (χ4v) is 4.40. The number of hydrogen-bond donors (Lipinski definition) is 2.